The van der Waals surface area contributed by atoms with Crippen molar-refractivity contribution in [1.29, 1.82) is 0 Å². The molecule has 0 saturated heterocycles. The highest BCUT2D eigenvalue weighted by Gasteiger charge is 2.26. The zero-order valence-electron chi connectivity index (χ0n) is 16.5. The Labute approximate surface area is 166 Å². The van der Waals surface area contributed by atoms with Crippen molar-refractivity contribution in [3.63, 3.8) is 0 Å². The third-order valence-corrected chi connectivity index (χ3v) is 4.29. The molecule has 0 aliphatic rings. The summed E-state index contributed by atoms with van der Waals surface area (Å²) in [7, 11) is 0. The van der Waals surface area contributed by atoms with E-state index in [1.165, 1.54) is 4.68 Å². The lowest BCUT2D eigenvalue weighted by atomic mass is 10.1. The predicted octanol–water partition coefficient (Wildman–Crippen LogP) is 2.68. The Balaban J connectivity index is 1.88. The lowest BCUT2D eigenvalue weighted by Crippen LogP contribution is -2.33. The van der Waals surface area contributed by atoms with Gasteiger partial charge in [0.15, 0.2) is 17.6 Å². The van der Waals surface area contributed by atoms with E-state index in [1.54, 1.807) is 44.2 Å². The molecule has 3 rings (SSSR count). The summed E-state index contributed by atoms with van der Waals surface area (Å²) in [5.74, 6) is -0.522. The van der Waals surface area contributed by atoms with Gasteiger partial charge in [0.1, 0.15) is 5.76 Å². The topological polar surface area (TPSA) is 116 Å². The molecule has 1 aromatic carbocycles. The van der Waals surface area contributed by atoms with Crippen LogP contribution in [0.2, 0.25) is 0 Å². The number of fused-ring (bicyclic) bond motifs is 1. The van der Waals surface area contributed by atoms with Gasteiger partial charge in [0.05, 0.1) is 5.39 Å². The maximum absolute atomic E-state index is 12.8. The van der Waals surface area contributed by atoms with Gasteiger partial charge in [-0.1, -0.05) is 37.2 Å². The predicted molar refractivity (Wildman–Crippen MR) is 106 cm³/mol. The summed E-state index contributed by atoms with van der Waals surface area (Å²) in [4.78, 5) is 37.9. The first-order chi connectivity index (χ1) is 13.9. The molecule has 1 unspecified atom stereocenters. The van der Waals surface area contributed by atoms with E-state index in [2.05, 4.69) is 15.6 Å². The van der Waals surface area contributed by atoms with Crippen molar-refractivity contribution in [2.24, 2.45) is 0 Å². The maximum atomic E-state index is 12.8. The molecule has 1 N–H and O–H groups in total. The number of hydrogen-bond acceptors (Lipinski definition) is 7. The first kappa shape index (κ1) is 20.2. The van der Waals surface area contributed by atoms with Gasteiger partial charge in [-0.05, 0) is 25.8 Å². The van der Waals surface area contributed by atoms with E-state index in [4.69, 9.17) is 9.26 Å². The van der Waals surface area contributed by atoms with E-state index in [9.17, 15) is 14.4 Å². The maximum Gasteiger partial charge on any atom is 0.360 e. The van der Waals surface area contributed by atoms with Crippen LogP contribution in [0.25, 0.3) is 10.8 Å². The molecule has 152 valence electrons. The number of aryl methyl sites for hydroxylation is 2. The number of carbonyl (C=O) groups is 2. The van der Waals surface area contributed by atoms with Gasteiger partial charge >= 0.3 is 5.97 Å². The number of hydrogen-bond donors (Lipinski definition) is 1. The van der Waals surface area contributed by atoms with E-state index in [1.807, 2.05) is 6.92 Å². The Morgan fingerprint density at radius 2 is 1.97 bits per heavy atom. The van der Waals surface area contributed by atoms with E-state index in [0.717, 1.165) is 0 Å². The summed E-state index contributed by atoms with van der Waals surface area (Å²) in [6.07, 6.45) is -0.121. The molecule has 0 bridgehead atoms. The number of ether oxygens (including phenoxy) is 1. The van der Waals surface area contributed by atoms with Crippen LogP contribution in [0.1, 0.15) is 42.9 Å². The molecular weight excluding hydrogens is 376 g/mol. The Hall–Kier alpha value is -3.49. The highest BCUT2D eigenvalue weighted by atomic mass is 16.5. The average Bonchev–Trinajstić information content (AvgIpc) is 3.12. The highest BCUT2D eigenvalue weighted by molar-refractivity contribution is 6.03. The SMILES string of the molecule is CCCn1nc(C(=O)OC(CC)C(=O)Nc2cc(C)on2)c2ccccc2c1=O. The fourth-order valence-corrected chi connectivity index (χ4v) is 2.89. The second-order valence-electron chi connectivity index (χ2n) is 6.54. The molecule has 3 aromatic rings. The smallest absolute Gasteiger partial charge is 0.360 e. The van der Waals surface area contributed by atoms with Crippen LogP contribution >= 0.6 is 0 Å². The van der Waals surface area contributed by atoms with Gasteiger partial charge in [-0.2, -0.15) is 5.10 Å². The second-order valence-corrected chi connectivity index (χ2v) is 6.54. The number of carbonyl (C=O) groups excluding carboxylic acids is 2. The van der Waals surface area contributed by atoms with Gasteiger partial charge in [0.25, 0.3) is 11.5 Å². The third-order valence-electron chi connectivity index (χ3n) is 4.29. The number of esters is 1. The van der Waals surface area contributed by atoms with Crippen molar-refractivity contribution in [3.8, 4) is 0 Å². The van der Waals surface area contributed by atoms with Gasteiger partial charge in [-0.25, -0.2) is 9.48 Å². The van der Waals surface area contributed by atoms with Crippen LogP contribution in [0.3, 0.4) is 0 Å². The van der Waals surface area contributed by atoms with Gasteiger partial charge in [-0.15, -0.1) is 0 Å². The monoisotopic (exact) mass is 398 g/mol. The van der Waals surface area contributed by atoms with Gasteiger partial charge in [0.2, 0.25) is 0 Å². The van der Waals surface area contributed by atoms with Crippen molar-refractivity contribution in [2.45, 2.75) is 46.3 Å². The van der Waals surface area contributed by atoms with Crippen LogP contribution in [0, 0.1) is 6.92 Å². The Kier molecular flexibility index (Phi) is 6.06. The van der Waals surface area contributed by atoms with Crippen molar-refractivity contribution < 1.29 is 18.8 Å². The fourth-order valence-electron chi connectivity index (χ4n) is 2.89. The van der Waals surface area contributed by atoms with Crippen LogP contribution in [-0.4, -0.2) is 32.9 Å². The molecule has 1 atom stereocenters. The molecule has 29 heavy (non-hydrogen) atoms. The zero-order chi connectivity index (χ0) is 21.0. The van der Waals surface area contributed by atoms with E-state index < -0.39 is 18.0 Å². The lowest BCUT2D eigenvalue weighted by Gasteiger charge is -2.16. The van der Waals surface area contributed by atoms with E-state index >= 15 is 0 Å². The quantitative estimate of drug-likeness (QED) is 0.608. The van der Waals surface area contributed by atoms with Crippen LogP contribution < -0.4 is 10.9 Å². The molecule has 2 aromatic heterocycles. The number of aromatic nitrogens is 3. The molecule has 0 fully saturated rings. The van der Waals surface area contributed by atoms with E-state index in [0.29, 0.717) is 29.5 Å². The van der Waals surface area contributed by atoms with Gasteiger partial charge in [-0.3, -0.25) is 9.59 Å². The van der Waals surface area contributed by atoms with E-state index in [-0.39, 0.29) is 23.5 Å². The Morgan fingerprint density at radius 1 is 1.24 bits per heavy atom. The fraction of sp³-hybridized carbons (Fsp3) is 0.350. The molecule has 1 amide bonds. The molecule has 0 spiro atoms. The highest BCUT2D eigenvalue weighted by Crippen LogP contribution is 2.16. The normalized spacial score (nSPS) is 12.0. The standard InChI is InChI=1S/C20H22N4O5/c1-4-10-24-19(26)14-9-7-6-8-13(14)17(22-24)20(27)28-15(5-2)18(25)21-16-11-12(3)29-23-16/h6-9,11,15H,4-5,10H2,1-3H3,(H,21,23,25). The number of rotatable bonds is 7. The Bertz CT molecular complexity index is 1100. The summed E-state index contributed by atoms with van der Waals surface area (Å²) in [6.45, 7) is 5.69. The van der Waals surface area contributed by atoms with Crippen LogP contribution in [0.5, 0.6) is 0 Å². The van der Waals surface area contributed by atoms with Crippen molar-refractivity contribution in [3.05, 3.63) is 52.1 Å². The summed E-state index contributed by atoms with van der Waals surface area (Å²) in [5.41, 5.74) is -0.276. The lowest BCUT2D eigenvalue weighted by molar-refractivity contribution is -0.124. The van der Waals surface area contributed by atoms with Crippen molar-refractivity contribution >= 4 is 28.5 Å². The molecule has 9 nitrogen and oxygen atoms in total. The molecule has 0 radical (unpaired) electrons. The summed E-state index contributed by atoms with van der Waals surface area (Å²) < 4.78 is 11.6. The molecule has 0 aliphatic carbocycles. The summed E-state index contributed by atoms with van der Waals surface area (Å²) in [6, 6.07) is 8.26. The van der Waals surface area contributed by atoms with Gasteiger partial charge < -0.3 is 14.6 Å². The molecule has 0 aliphatic heterocycles. The molecule has 9 heteroatoms. The first-order valence-corrected chi connectivity index (χ1v) is 9.39. The summed E-state index contributed by atoms with van der Waals surface area (Å²) >= 11 is 0. The largest absolute Gasteiger partial charge is 0.447 e. The van der Waals surface area contributed by atoms with Crippen LogP contribution in [0.4, 0.5) is 5.82 Å². The van der Waals surface area contributed by atoms with Crippen LogP contribution in [0.15, 0.2) is 39.6 Å². The Morgan fingerprint density at radius 3 is 2.59 bits per heavy atom. The average molecular weight is 398 g/mol. The van der Waals surface area contributed by atoms with Crippen molar-refractivity contribution in [2.75, 3.05) is 5.32 Å². The summed E-state index contributed by atoms with van der Waals surface area (Å²) in [5, 5.41) is 11.2. The second kappa shape index (κ2) is 8.68. The van der Waals surface area contributed by atoms with Gasteiger partial charge in [0, 0.05) is 18.0 Å². The minimum absolute atomic E-state index is 0.00261. The molecule has 2 heterocycles. The first-order valence-electron chi connectivity index (χ1n) is 9.39. The number of nitrogens with one attached hydrogen (secondary N) is 1. The third kappa shape index (κ3) is 4.34. The molecular formula is C20H22N4O5. The van der Waals surface area contributed by atoms with Crippen molar-refractivity contribution in [1.82, 2.24) is 14.9 Å². The number of anilines is 1. The minimum atomic E-state index is -1.05. The number of amides is 1. The number of nitrogens with zero attached hydrogens (tertiary/aromatic N) is 3. The zero-order valence-corrected chi connectivity index (χ0v) is 16.5. The van der Waals surface area contributed by atoms with Crippen LogP contribution in [-0.2, 0) is 16.1 Å². The minimum Gasteiger partial charge on any atom is -0.447 e. The number of benzene rings is 1. The molecule has 0 saturated carbocycles.